The molecule has 0 saturated carbocycles. The average Bonchev–Trinajstić information content (AvgIpc) is 3.13. The molecule has 1 amide bonds. The zero-order valence-corrected chi connectivity index (χ0v) is 23.7. The van der Waals surface area contributed by atoms with Crippen LogP contribution in [-0.2, 0) is 11.3 Å². The van der Waals surface area contributed by atoms with Crippen molar-refractivity contribution >= 4 is 29.3 Å². The molecule has 0 aromatic carbocycles. The van der Waals surface area contributed by atoms with E-state index in [1.165, 1.54) is 6.33 Å². The fraction of sp³-hybridized carbons (Fsp3) is 0.692. The summed E-state index contributed by atoms with van der Waals surface area (Å²) in [6.45, 7) is 24.5. The maximum absolute atomic E-state index is 11.7. The zero-order valence-electron chi connectivity index (χ0n) is 23.7. The Morgan fingerprint density at radius 1 is 1.09 bits per heavy atom. The first-order valence-electron chi connectivity index (χ1n) is 12.2. The number of hydrogen-bond acceptors (Lipinski definition) is 5. The number of rotatable bonds is 5. The van der Waals surface area contributed by atoms with E-state index >= 15 is 0 Å². The molecule has 2 aromatic heterocycles. The van der Waals surface area contributed by atoms with E-state index < -0.39 is 11.7 Å². The molecular weight excluding hydrogens is 428 g/mol. The standard InChI is InChI=1S/C17H26N6O2.4C2H6.CH4/c1-12-9-23(8-7-18-16(24)25-17(2,3)4)15-13(12)14(19-10-20-15)21-11-22(5)6;4*1-2;/h9-11H,7-8H2,1-6H3,(H,18,24);4*1-2H3;1H4/b21-11+;;;;;. The lowest BCUT2D eigenvalue weighted by molar-refractivity contribution is 0.0526. The molecule has 1 N–H and O–H groups in total. The first-order chi connectivity index (χ1) is 15.7. The van der Waals surface area contributed by atoms with Gasteiger partial charge in [0.1, 0.15) is 17.6 Å². The lowest BCUT2D eigenvalue weighted by Gasteiger charge is -2.19. The Morgan fingerprint density at radius 3 is 2.09 bits per heavy atom. The minimum atomic E-state index is -0.507. The van der Waals surface area contributed by atoms with Gasteiger partial charge in [-0.3, -0.25) is 0 Å². The molecule has 0 radical (unpaired) electrons. The van der Waals surface area contributed by atoms with Crippen molar-refractivity contribution < 1.29 is 9.53 Å². The lowest BCUT2D eigenvalue weighted by atomic mass is 10.2. The van der Waals surface area contributed by atoms with Crippen molar-refractivity contribution in [2.45, 2.75) is 103 Å². The number of hydrogen-bond donors (Lipinski definition) is 1. The smallest absolute Gasteiger partial charge is 0.407 e. The molecule has 8 heteroatoms. The summed E-state index contributed by atoms with van der Waals surface area (Å²) < 4.78 is 7.22. The molecule has 0 saturated heterocycles. The lowest BCUT2D eigenvalue weighted by Crippen LogP contribution is -2.34. The van der Waals surface area contributed by atoms with Crippen molar-refractivity contribution in [2.75, 3.05) is 20.6 Å². The van der Waals surface area contributed by atoms with Crippen LogP contribution in [0.5, 0.6) is 0 Å². The number of amides is 1. The van der Waals surface area contributed by atoms with Crippen LogP contribution in [0.3, 0.4) is 0 Å². The molecule has 8 nitrogen and oxygen atoms in total. The minimum Gasteiger partial charge on any atom is -0.444 e. The number of nitrogens with one attached hydrogen (secondary N) is 1. The molecule has 200 valence electrons. The number of aryl methyl sites for hydroxylation is 1. The summed E-state index contributed by atoms with van der Waals surface area (Å²) in [5.41, 5.74) is 1.33. The zero-order chi connectivity index (χ0) is 26.6. The van der Waals surface area contributed by atoms with E-state index in [0.717, 1.165) is 16.6 Å². The van der Waals surface area contributed by atoms with Crippen LogP contribution in [0, 0.1) is 6.92 Å². The van der Waals surface area contributed by atoms with Crippen molar-refractivity contribution in [3.63, 3.8) is 0 Å². The van der Waals surface area contributed by atoms with E-state index in [1.54, 1.807) is 6.34 Å². The maximum Gasteiger partial charge on any atom is 0.407 e. The van der Waals surface area contributed by atoms with Crippen molar-refractivity contribution in [3.8, 4) is 0 Å². The second kappa shape index (κ2) is 22.2. The summed E-state index contributed by atoms with van der Waals surface area (Å²) in [6.07, 6.45) is 4.78. The molecule has 2 rings (SSSR count). The maximum atomic E-state index is 11.7. The van der Waals surface area contributed by atoms with E-state index in [-0.39, 0.29) is 7.43 Å². The first kappa shape index (κ1) is 38.6. The minimum absolute atomic E-state index is 0. The Kier molecular flexibility index (Phi) is 25.2. The van der Waals surface area contributed by atoms with Gasteiger partial charge in [0.2, 0.25) is 0 Å². The van der Waals surface area contributed by atoms with Crippen LogP contribution in [0.15, 0.2) is 17.5 Å². The van der Waals surface area contributed by atoms with Crippen LogP contribution >= 0.6 is 0 Å². The number of carbonyl (C=O) groups excluding carboxylic acids is 1. The van der Waals surface area contributed by atoms with Crippen LogP contribution in [-0.4, -0.2) is 58.1 Å². The van der Waals surface area contributed by atoms with Gasteiger partial charge in [0.15, 0.2) is 5.82 Å². The number of aromatic nitrogens is 3. The Hall–Kier alpha value is -2.64. The van der Waals surface area contributed by atoms with Crippen molar-refractivity contribution in [2.24, 2.45) is 4.99 Å². The second-order valence-corrected chi connectivity index (χ2v) is 7.04. The molecular formula is C26H54N6O2. The van der Waals surface area contributed by atoms with Crippen LogP contribution in [0.2, 0.25) is 0 Å². The molecule has 0 fully saturated rings. The highest BCUT2D eigenvalue weighted by atomic mass is 16.6. The normalized spacial score (nSPS) is 9.47. The molecule has 0 aliphatic heterocycles. The molecule has 2 aromatic rings. The fourth-order valence-electron chi connectivity index (χ4n) is 2.33. The molecule has 0 aliphatic rings. The van der Waals surface area contributed by atoms with Crippen LogP contribution in [0.1, 0.15) is 89.2 Å². The largest absolute Gasteiger partial charge is 0.444 e. The van der Waals surface area contributed by atoms with Crippen LogP contribution in [0.25, 0.3) is 11.0 Å². The second-order valence-electron chi connectivity index (χ2n) is 7.04. The summed E-state index contributed by atoms with van der Waals surface area (Å²) >= 11 is 0. The number of aliphatic imine (C=N–C) groups is 1. The SMILES string of the molecule is C.CC.CC.CC.CC.Cc1cn(CCNC(=O)OC(C)(C)C)c2ncnc(/N=C/N(C)C)c12. The molecule has 0 aliphatic carbocycles. The summed E-state index contributed by atoms with van der Waals surface area (Å²) in [5.74, 6) is 0.634. The van der Waals surface area contributed by atoms with Gasteiger partial charge in [-0.05, 0) is 33.3 Å². The highest BCUT2D eigenvalue weighted by molar-refractivity contribution is 5.90. The summed E-state index contributed by atoms with van der Waals surface area (Å²) in [4.78, 5) is 26.6. The number of carbonyl (C=O) groups is 1. The molecule has 0 atom stereocenters. The number of alkyl carbamates (subject to hydrolysis) is 1. The monoisotopic (exact) mass is 482 g/mol. The highest BCUT2D eigenvalue weighted by Gasteiger charge is 2.16. The predicted molar refractivity (Wildman–Crippen MR) is 150 cm³/mol. The number of fused-ring (bicyclic) bond motifs is 1. The van der Waals surface area contributed by atoms with E-state index in [2.05, 4.69) is 20.3 Å². The quantitative estimate of drug-likeness (QED) is 0.359. The predicted octanol–water partition coefficient (Wildman–Crippen LogP) is 7.23. The molecule has 0 spiro atoms. The Morgan fingerprint density at radius 2 is 1.62 bits per heavy atom. The van der Waals surface area contributed by atoms with Gasteiger partial charge in [-0.1, -0.05) is 62.8 Å². The first-order valence-corrected chi connectivity index (χ1v) is 12.2. The van der Waals surface area contributed by atoms with Crippen molar-refractivity contribution in [3.05, 3.63) is 18.1 Å². The topological polar surface area (TPSA) is 84.6 Å². The summed E-state index contributed by atoms with van der Waals surface area (Å²) in [5, 5.41) is 3.67. The number of ether oxygens (including phenoxy) is 1. The van der Waals surface area contributed by atoms with Gasteiger partial charge in [0.05, 0.1) is 11.7 Å². The van der Waals surface area contributed by atoms with Crippen LogP contribution in [0.4, 0.5) is 10.6 Å². The molecule has 34 heavy (non-hydrogen) atoms. The average molecular weight is 483 g/mol. The third-order valence-electron chi connectivity index (χ3n) is 3.26. The van der Waals surface area contributed by atoms with Gasteiger partial charge in [-0.15, -0.1) is 0 Å². The molecule has 0 unspecified atom stereocenters. The molecule has 0 bridgehead atoms. The third kappa shape index (κ3) is 15.2. The Balaban J connectivity index is -0.000000452. The summed E-state index contributed by atoms with van der Waals surface area (Å²) in [7, 11) is 3.81. The van der Waals surface area contributed by atoms with Crippen molar-refractivity contribution in [1.29, 1.82) is 0 Å². The van der Waals surface area contributed by atoms with E-state index in [1.807, 2.05) is 113 Å². The van der Waals surface area contributed by atoms with E-state index in [4.69, 9.17) is 4.74 Å². The number of nitrogens with zero attached hydrogens (tertiary/aromatic N) is 5. The van der Waals surface area contributed by atoms with Gasteiger partial charge in [-0.2, -0.15) is 0 Å². The Labute approximate surface area is 210 Å². The fourth-order valence-corrected chi connectivity index (χ4v) is 2.33. The van der Waals surface area contributed by atoms with Gasteiger partial charge in [0.25, 0.3) is 0 Å². The Bertz CT molecular complexity index is 777. The van der Waals surface area contributed by atoms with Gasteiger partial charge < -0.3 is 19.5 Å². The van der Waals surface area contributed by atoms with Gasteiger partial charge in [0, 0.05) is 33.4 Å². The van der Waals surface area contributed by atoms with Crippen molar-refractivity contribution in [1.82, 2.24) is 24.8 Å². The van der Waals surface area contributed by atoms with E-state index in [9.17, 15) is 4.79 Å². The highest BCUT2D eigenvalue weighted by Crippen LogP contribution is 2.26. The van der Waals surface area contributed by atoms with Crippen LogP contribution < -0.4 is 5.32 Å². The van der Waals surface area contributed by atoms with E-state index in [0.29, 0.717) is 18.9 Å². The van der Waals surface area contributed by atoms with Gasteiger partial charge in [-0.25, -0.2) is 19.8 Å². The summed E-state index contributed by atoms with van der Waals surface area (Å²) in [6, 6.07) is 0. The van der Waals surface area contributed by atoms with Gasteiger partial charge >= 0.3 is 6.09 Å². The molecule has 2 heterocycles. The third-order valence-corrected chi connectivity index (χ3v) is 3.26.